The summed E-state index contributed by atoms with van der Waals surface area (Å²) in [6, 6.07) is 8.26. The van der Waals surface area contributed by atoms with Crippen LogP contribution in [0.1, 0.15) is 13.3 Å². The van der Waals surface area contributed by atoms with Crippen molar-refractivity contribution in [3.05, 3.63) is 24.3 Å². The molecule has 1 heterocycles. The highest BCUT2D eigenvalue weighted by Gasteiger charge is 2.05. The molecule has 0 spiro atoms. The molecule has 0 aliphatic heterocycles. The molecule has 0 radical (unpaired) electrons. The van der Waals surface area contributed by atoms with Crippen molar-refractivity contribution in [1.82, 2.24) is 9.55 Å². The average molecular weight is 206 g/mol. The lowest BCUT2D eigenvalue weighted by atomic mass is 10.3. The first kappa shape index (κ1) is 9.59. The molecule has 0 saturated heterocycles. The Morgan fingerprint density at radius 3 is 2.86 bits per heavy atom. The van der Waals surface area contributed by atoms with Crippen molar-refractivity contribution >= 4 is 22.8 Å². The third-order valence-corrected chi connectivity index (χ3v) is 3.42. The van der Waals surface area contributed by atoms with Gasteiger partial charge in [-0.3, -0.25) is 0 Å². The number of aryl methyl sites for hydroxylation is 1. The molecular formula is C11H14N2S. The molecule has 0 fully saturated rings. The van der Waals surface area contributed by atoms with Crippen molar-refractivity contribution in [2.75, 3.05) is 5.75 Å². The maximum Gasteiger partial charge on any atom is 0.168 e. The van der Waals surface area contributed by atoms with Gasteiger partial charge < -0.3 is 4.57 Å². The van der Waals surface area contributed by atoms with Crippen LogP contribution in [0, 0.1) is 0 Å². The quantitative estimate of drug-likeness (QED) is 0.718. The van der Waals surface area contributed by atoms with Gasteiger partial charge in [0.05, 0.1) is 11.0 Å². The summed E-state index contributed by atoms with van der Waals surface area (Å²) in [4.78, 5) is 4.58. The number of aromatic nitrogens is 2. The third kappa shape index (κ3) is 1.64. The minimum absolute atomic E-state index is 1.09. The molecule has 1 aromatic heterocycles. The minimum Gasteiger partial charge on any atom is -0.322 e. The monoisotopic (exact) mass is 206 g/mol. The van der Waals surface area contributed by atoms with E-state index in [0.717, 1.165) is 16.4 Å². The van der Waals surface area contributed by atoms with Crippen molar-refractivity contribution in [3.8, 4) is 0 Å². The topological polar surface area (TPSA) is 17.8 Å². The zero-order chi connectivity index (χ0) is 9.97. The standard InChI is InChI=1S/C11H14N2S/c1-3-8-14-11-12-9-6-4-5-7-10(9)13(11)2/h4-7H,3,8H2,1-2H3. The number of thioether (sulfide) groups is 1. The Labute approximate surface area is 88.3 Å². The van der Waals surface area contributed by atoms with E-state index in [0.29, 0.717) is 0 Å². The fourth-order valence-electron chi connectivity index (χ4n) is 1.45. The van der Waals surface area contributed by atoms with E-state index in [1.54, 1.807) is 0 Å². The summed E-state index contributed by atoms with van der Waals surface area (Å²) in [5, 5.41) is 1.12. The Balaban J connectivity index is 2.41. The van der Waals surface area contributed by atoms with Crippen LogP contribution in [0.15, 0.2) is 29.4 Å². The highest BCUT2D eigenvalue weighted by Crippen LogP contribution is 2.22. The fourth-order valence-corrected chi connectivity index (χ4v) is 2.29. The van der Waals surface area contributed by atoms with Gasteiger partial charge in [0.15, 0.2) is 5.16 Å². The van der Waals surface area contributed by atoms with Crippen LogP contribution in [0.2, 0.25) is 0 Å². The van der Waals surface area contributed by atoms with Gasteiger partial charge in [-0.15, -0.1) is 0 Å². The summed E-state index contributed by atoms with van der Waals surface area (Å²) in [7, 11) is 2.08. The van der Waals surface area contributed by atoms with E-state index in [4.69, 9.17) is 0 Å². The van der Waals surface area contributed by atoms with Crippen LogP contribution in [0.25, 0.3) is 11.0 Å². The van der Waals surface area contributed by atoms with Gasteiger partial charge in [0, 0.05) is 12.8 Å². The van der Waals surface area contributed by atoms with Gasteiger partial charge in [0.25, 0.3) is 0 Å². The van der Waals surface area contributed by atoms with E-state index in [-0.39, 0.29) is 0 Å². The molecule has 2 rings (SSSR count). The summed E-state index contributed by atoms with van der Waals surface area (Å²) in [6.07, 6.45) is 1.19. The van der Waals surface area contributed by atoms with Crippen molar-refractivity contribution in [2.45, 2.75) is 18.5 Å². The Bertz CT molecular complexity index is 434. The summed E-state index contributed by atoms with van der Waals surface area (Å²) >= 11 is 1.82. The van der Waals surface area contributed by atoms with E-state index in [1.807, 2.05) is 17.8 Å². The molecule has 14 heavy (non-hydrogen) atoms. The molecular weight excluding hydrogens is 192 g/mol. The molecule has 1 aromatic carbocycles. The molecule has 2 aromatic rings. The number of fused-ring (bicyclic) bond motifs is 1. The Kier molecular flexibility index (Phi) is 2.77. The van der Waals surface area contributed by atoms with Crippen LogP contribution in [0.4, 0.5) is 0 Å². The van der Waals surface area contributed by atoms with Crippen LogP contribution in [0.3, 0.4) is 0 Å². The molecule has 0 N–H and O–H groups in total. The van der Waals surface area contributed by atoms with Gasteiger partial charge in [0.1, 0.15) is 0 Å². The van der Waals surface area contributed by atoms with Crippen molar-refractivity contribution in [1.29, 1.82) is 0 Å². The van der Waals surface area contributed by atoms with Crippen LogP contribution >= 0.6 is 11.8 Å². The molecule has 0 aliphatic rings. The van der Waals surface area contributed by atoms with E-state index in [9.17, 15) is 0 Å². The molecule has 2 nitrogen and oxygen atoms in total. The number of benzene rings is 1. The second-order valence-corrected chi connectivity index (χ2v) is 4.35. The van der Waals surface area contributed by atoms with Crippen LogP contribution < -0.4 is 0 Å². The van der Waals surface area contributed by atoms with Crippen LogP contribution in [0.5, 0.6) is 0 Å². The second kappa shape index (κ2) is 4.05. The number of para-hydroxylation sites is 2. The van der Waals surface area contributed by atoms with Crippen molar-refractivity contribution in [3.63, 3.8) is 0 Å². The number of nitrogens with zero attached hydrogens (tertiary/aromatic N) is 2. The summed E-state index contributed by atoms with van der Waals surface area (Å²) in [5.74, 6) is 1.14. The lowest BCUT2D eigenvalue weighted by Crippen LogP contribution is -1.90. The van der Waals surface area contributed by atoms with Crippen LogP contribution in [-0.2, 0) is 7.05 Å². The van der Waals surface area contributed by atoms with Gasteiger partial charge in [-0.25, -0.2) is 4.98 Å². The van der Waals surface area contributed by atoms with Gasteiger partial charge >= 0.3 is 0 Å². The summed E-state index contributed by atoms with van der Waals surface area (Å²) < 4.78 is 2.16. The molecule has 0 saturated carbocycles. The zero-order valence-electron chi connectivity index (χ0n) is 8.53. The smallest absolute Gasteiger partial charge is 0.168 e. The SMILES string of the molecule is CCCSc1nc2ccccc2n1C. The lowest BCUT2D eigenvalue weighted by molar-refractivity contribution is 0.814. The number of rotatable bonds is 3. The number of hydrogen-bond acceptors (Lipinski definition) is 2. The van der Waals surface area contributed by atoms with E-state index in [1.165, 1.54) is 11.9 Å². The average Bonchev–Trinajstić information content (AvgIpc) is 2.54. The van der Waals surface area contributed by atoms with Gasteiger partial charge in [-0.05, 0) is 18.6 Å². The first-order valence-electron chi connectivity index (χ1n) is 4.87. The zero-order valence-corrected chi connectivity index (χ0v) is 9.34. The van der Waals surface area contributed by atoms with Gasteiger partial charge in [0.2, 0.25) is 0 Å². The van der Waals surface area contributed by atoms with E-state index < -0.39 is 0 Å². The van der Waals surface area contributed by atoms with Gasteiger partial charge in [-0.2, -0.15) is 0 Å². The van der Waals surface area contributed by atoms with Crippen molar-refractivity contribution in [2.24, 2.45) is 7.05 Å². The molecule has 0 amide bonds. The second-order valence-electron chi connectivity index (χ2n) is 3.29. The first-order valence-corrected chi connectivity index (χ1v) is 5.85. The number of imidazole rings is 1. The Hall–Kier alpha value is -0.960. The maximum absolute atomic E-state index is 4.58. The first-order chi connectivity index (χ1) is 6.83. The lowest BCUT2D eigenvalue weighted by Gasteiger charge is -1.99. The van der Waals surface area contributed by atoms with Gasteiger partial charge in [-0.1, -0.05) is 30.8 Å². The predicted molar refractivity (Wildman–Crippen MR) is 61.7 cm³/mol. The normalized spacial score (nSPS) is 11.0. The van der Waals surface area contributed by atoms with E-state index in [2.05, 4.69) is 41.7 Å². The molecule has 0 bridgehead atoms. The largest absolute Gasteiger partial charge is 0.322 e. The van der Waals surface area contributed by atoms with E-state index >= 15 is 0 Å². The fraction of sp³-hybridized carbons (Fsp3) is 0.364. The summed E-state index contributed by atoms with van der Waals surface area (Å²) in [5.41, 5.74) is 2.31. The minimum atomic E-state index is 1.09. The predicted octanol–water partition coefficient (Wildman–Crippen LogP) is 3.08. The Morgan fingerprint density at radius 2 is 2.14 bits per heavy atom. The molecule has 3 heteroatoms. The molecule has 0 aliphatic carbocycles. The van der Waals surface area contributed by atoms with Crippen molar-refractivity contribution < 1.29 is 0 Å². The molecule has 74 valence electrons. The summed E-state index contributed by atoms with van der Waals surface area (Å²) in [6.45, 7) is 2.19. The number of hydrogen-bond donors (Lipinski definition) is 0. The third-order valence-electron chi connectivity index (χ3n) is 2.18. The highest BCUT2D eigenvalue weighted by molar-refractivity contribution is 7.99. The maximum atomic E-state index is 4.58. The highest BCUT2D eigenvalue weighted by atomic mass is 32.2. The Morgan fingerprint density at radius 1 is 1.36 bits per heavy atom. The van der Waals surface area contributed by atoms with Crippen LogP contribution in [-0.4, -0.2) is 15.3 Å². The molecule has 0 atom stereocenters. The molecule has 0 unspecified atom stereocenters.